The summed E-state index contributed by atoms with van der Waals surface area (Å²) in [6.45, 7) is 9.44. The molecule has 3 heteroatoms. The zero-order valence-corrected chi connectivity index (χ0v) is 17.4. The summed E-state index contributed by atoms with van der Waals surface area (Å²) >= 11 is 0. The lowest BCUT2D eigenvalue weighted by molar-refractivity contribution is -0.118. The van der Waals surface area contributed by atoms with Crippen LogP contribution in [-0.4, -0.2) is 15.3 Å². The van der Waals surface area contributed by atoms with Crippen molar-refractivity contribution in [2.24, 2.45) is 0 Å². The molecule has 0 amide bonds. The van der Waals surface area contributed by atoms with Crippen LogP contribution in [0.2, 0.25) is 0 Å². The second kappa shape index (κ2) is 9.01. The molecule has 0 saturated carbocycles. The summed E-state index contributed by atoms with van der Waals surface area (Å²) in [5, 5.41) is 0. The average Bonchev–Trinajstić information content (AvgIpc) is 3.09. The Morgan fingerprint density at radius 3 is 2.50 bits per heavy atom. The molecule has 28 heavy (non-hydrogen) atoms. The molecule has 1 aromatic heterocycles. The van der Waals surface area contributed by atoms with E-state index in [1.54, 1.807) is 0 Å². The first-order valence-corrected chi connectivity index (χ1v) is 10.2. The van der Waals surface area contributed by atoms with Gasteiger partial charge in [0.05, 0.1) is 11.9 Å². The normalized spacial score (nSPS) is 11.2. The standard InChI is InChI=1S/C25H30N2O/c1-5-27-24(22-8-6-7-19(4)15-22)17-26-25(27)14-13-23(28)16-20-9-11-21(12-10-20)18(2)3/h6-12,15,17-18H,5,13-14,16H2,1-4H3. The van der Waals surface area contributed by atoms with Crippen LogP contribution in [0.1, 0.15) is 55.6 Å². The molecular formula is C25H30N2O. The van der Waals surface area contributed by atoms with Crippen molar-refractivity contribution in [2.45, 2.75) is 59.4 Å². The third-order valence-corrected chi connectivity index (χ3v) is 5.24. The number of aryl methyl sites for hydroxylation is 2. The fourth-order valence-electron chi connectivity index (χ4n) is 3.59. The Morgan fingerprint density at radius 1 is 1.11 bits per heavy atom. The van der Waals surface area contributed by atoms with Crippen LogP contribution in [0.5, 0.6) is 0 Å². The zero-order valence-electron chi connectivity index (χ0n) is 17.4. The van der Waals surface area contributed by atoms with Crippen LogP contribution in [0.25, 0.3) is 11.3 Å². The van der Waals surface area contributed by atoms with Gasteiger partial charge in [-0.3, -0.25) is 4.79 Å². The smallest absolute Gasteiger partial charge is 0.137 e. The lowest BCUT2D eigenvalue weighted by atomic mass is 9.99. The van der Waals surface area contributed by atoms with Gasteiger partial charge in [0.25, 0.3) is 0 Å². The van der Waals surface area contributed by atoms with Gasteiger partial charge in [0.15, 0.2) is 0 Å². The van der Waals surface area contributed by atoms with Crippen molar-refractivity contribution in [3.8, 4) is 11.3 Å². The summed E-state index contributed by atoms with van der Waals surface area (Å²) in [4.78, 5) is 17.1. The second-order valence-electron chi connectivity index (χ2n) is 7.79. The summed E-state index contributed by atoms with van der Waals surface area (Å²) in [6.07, 6.45) is 3.64. The number of benzene rings is 2. The van der Waals surface area contributed by atoms with E-state index in [1.807, 2.05) is 6.20 Å². The fourth-order valence-corrected chi connectivity index (χ4v) is 3.59. The molecule has 0 atom stereocenters. The Kier molecular flexibility index (Phi) is 6.45. The Bertz CT molecular complexity index is 935. The van der Waals surface area contributed by atoms with Crippen LogP contribution in [0, 0.1) is 6.92 Å². The molecule has 1 heterocycles. The van der Waals surface area contributed by atoms with Crippen LogP contribution < -0.4 is 0 Å². The van der Waals surface area contributed by atoms with Gasteiger partial charge in [-0.2, -0.15) is 0 Å². The molecule has 146 valence electrons. The molecule has 3 rings (SSSR count). The molecule has 0 aliphatic heterocycles. The fraction of sp³-hybridized carbons (Fsp3) is 0.360. The van der Waals surface area contributed by atoms with E-state index < -0.39 is 0 Å². The van der Waals surface area contributed by atoms with Crippen molar-refractivity contribution in [1.82, 2.24) is 9.55 Å². The van der Waals surface area contributed by atoms with Gasteiger partial charge in [-0.15, -0.1) is 0 Å². The molecule has 0 spiro atoms. The Morgan fingerprint density at radius 2 is 1.86 bits per heavy atom. The number of imidazole rings is 1. The summed E-state index contributed by atoms with van der Waals surface area (Å²) in [7, 11) is 0. The molecule has 3 aromatic rings. The van der Waals surface area contributed by atoms with E-state index in [2.05, 4.69) is 85.8 Å². The van der Waals surface area contributed by atoms with Crippen molar-refractivity contribution < 1.29 is 4.79 Å². The number of ketones is 1. The summed E-state index contributed by atoms with van der Waals surface area (Å²) in [6, 6.07) is 16.9. The van der Waals surface area contributed by atoms with Gasteiger partial charge in [-0.25, -0.2) is 4.98 Å². The highest BCUT2D eigenvalue weighted by Gasteiger charge is 2.13. The lowest BCUT2D eigenvalue weighted by Gasteiger charge is -2.10. The maximum atomic E-state index is 12.5. The molecule has 3 nitrogen and oxygen atoms in total. The summed E-state index contributed by atoms with van der Waals surface area (Å²) in [5.41, 5.74) is 5.94. The number of rotatable bonds is 8. The highest BCUT2D eigenvalue weighted by atomic mass is 16.1. The van der Waals surface area contributed by atoms with Crippen molar-refractivity contribution in [3.05, 3.63) is 77.2 Å². The van der Waals surface area contributed by atoms with Gasteiger partial charge in [0.1, 0.15) is 11.6 Å². The highest BCUT2D eigenvalue weighted by Crippen LogP contribution is 2.23. The second-order valence-corrected chi connectivity index (χ2v) is 7.79. The highest BCUT2D eigenvalue weighted by molar-refractivity contribution is 5.81. The summed E-state index contributed by atoms with van der Waals surface area (Å²) in [5.74, 6) is 1.77. The van der Waals surface area contributed by atoms with E-state index in [-0.39, 0.29) is 5.78 Å². The number of hydrogen-bond acceptors (Lipinski definition) is 2. The predicted molar refractivity (Wildman–Crippen MR) is 116 cm³/mol. The van der Waals surface area contributed by atoms with Crippen molar-refractivity contribution in [2.75, 3.05) is 0 Å². The van der Waals surface area contributed by atoms with Crippen LogP contribution in [-0.2, 0) is 24.2 Å². The molecule has 0 bridgehead atoms. The first-order valence-electron chi connectivity index (χ1n) is 10.2. The van der Waals surface area contributed by atoms with Gasteiger partial charge < -0.3 is 4.57 Å². The van der Waals surface area contributed by atoms with Crippen LogP contribution >= 0.6 is 0 Å². The van der Waals surface area contributed by atoms with E-state index in [1.165, 1.54) is 16.7 Å². The van der Waals surface area contributed by atoms with Gasteiger partial charge in [0.2, 0.25) is 0 Å². The Labute approximate surface area is 168 Å². The summed E-state index contributed by atoms with van der Waals surface area (Å²) < 4.78 is 2.22. The monoisotopic (exact) mass is 374 g/mol. The van der Waals surface area contributed by atoms with Crippen LogP contribution in [0.15, 0.2) is 54.7 Å². The molecule has 0 saturated heterocycles. The van der Waals surface area contributed by atoms with Crippen molar-refractivity contribution in [1.29, 1.82) is 0 Å². The maximum Gasteiger partial charge on any atom is 0.137 e. The Balaban J connectivity index is 1.65. The third kappa shape index (κ3) is 4.78. The van der Waals surface area contributed by atoms with E-state index in [9.17, 15) is 4.79 Å². The molecular weight excluding hydrogens is 344 g/mol. The number of carbonyl (C=O) groups excluding carboxylic acids is 1. The number of hydrogen-bond donors (Lipinski definition) is 0. The molecule has 0 unspecified atom stereocenters. The third-order valence-electron chi connectivity index (χ3n) is 5.24. The number of aromatic nitrogens is 2. The minimum absolute atomic E-state index is 0.264. The molecule has 2 aromatic carbocycles. The van der Waals surface area contributed by atoms with Gasteiger partial charge in [-0.1, -0.05) is 61.9 Å². The first-order chi connectivity index (χ1) is 13.5. The van der Waals surface area contributed by atoms with E-state index in [4.69, 9.17) is 0 Å². The van der Waals surface area contributed by atoms with Gasteiger partial charge in [-0.05, 0) is 37.0 Å². The van der Waals surface area contributed by atoms with E-state index >= 15 is 0 Å². The predicted octanol–water partition coefficient (Wildman–Crippen LogP) is 5.75. The van der Waals surface area contributed by atoms with Gasteiger partial charge >= 0.3 is 0 Å². The number of nitrogens with zero attached hydrogens (tertiary/aromatic N) is 2. The first kappa shape index (κ1) is 20.1. The molecule has 0 aliphatic rings. The number of carbonyl (C=O) groups is 1. The van der Waals surface area contributed by atoms with Crippen LogP contribution in [0.4, 0.5) is 0 Å². The SMILES string of the molecule is CCn1c(-c2cccc(C)c2)cnc1CCC(=O)Cc1ccc(C(C)C)cc1. The molecule has 0 radical (unpaired) electrons. The molecule has 0 N–H and O–H groups in total. The van der Waals surface area contributed by atoms with Gasteiger partial charge in [0, 0.05) is 31.4 Å². The van der Waals surface area contributed by atoms with Crippen molar-refractivity contribution in [3.63, 3.8) is 0 Å². The quantitative estimate of drug-likeness (QED) is 0.503. The Hall–Kier alpha value is -2.68. The number of Topliss-reactive ketones (excluding diaryl/α,β-unsaturated/α-hetero) is 1. The minimum Gasteiger partial charge on any atom is -0.328 e. The topological polar surface area (TPSA) is 34.9 Å². The average molecular weight is 375 g/mol. The van der Waals surface area contributed by atoms with E-state index in [0.717, 1.165) is 23.6 Å². The molecule has 0 aliphatic carbocycles. The largest absolute Gasteiger partial charge is 0.328 e. The minimum atomic E-state index is 0.264. The van der Waals surface area contributed by atoms with E-state index in [0.29, 0.717) is 25.2 Å². The molecule has 0 fully saturated rings. The van der Waals surface area contributed by atoms with Crippen molar-refractivity contribution >= 4 is 5.78 Å². The zero-order chi connectivity index (χ0) is 20.1. The van der Waals surface area contributed by atoms with Crippen LogP contribution in [0.3, 0.4) is 0 Å². The maximum absolute atomic E-state index is 12.5. The lowest BCUT2D eigenvalue weighted by Crippen LogP contribution is -2.09.